The van der Waals surface area contributed by atoms with Gasteiger partial charge in [0.15, 0.2) is 0 Å². The van der Waals surface area contributed by atoms with Gasteiger partial charge in [-0.05, 0) is 17.7 Å². The Morgan fingerprint density at radius 3 is 2.92 bits per heavy atom. The van der Waals surface area contributed by atoms with Crippen LogP contribution in [0.5, 0.6) is 0 Å². The van der Waals surface area contributed by atoms with Gasteiger partial charge < -0.3 is 5.11 Å². The van der Waals surface area contributed by atoms with E-state index in [1.54, 1.807) is 11.8 Å². The molecule has 12 heavy (non-hydrogen) atoms. The third kappa shape index (κ3) is 3.52. The summed E-state index contributed by atoms with van der Waals surface area (Å²) < 4.78 is 0. The molecule has 1 rings (SSSR count). The fraction of sp³-hybridized carbons (Fsp3) is 0.333. The molecule has 0 spiro atoms. The molecule has 0 unspecified atom stereocenters. The van der Waals surface area contributed by atoms with Crippen molar-refractivity contribution < 1.29 is 5.11 Å². The molecule has 1 nitrogen and oxygen atoms in total. The molecule has 0 radical (unpaired) electrons. The first-order chi connectivity index (χ1) is 5.83. The van der Waals surface area contributed by atoms with E-state index < -0.39 is 0 Å². The van der Waals surface area contributed by atoms with Crippen molar-refractivity contribution in [1.82, 2.24) is 0 Å². The lowest BCUT2D eigenvalue weighted by Crippen LogP contribution is -1.87. The van der Waals surface area contributed by atoms with E-state index >= 15 is 0 Å². The number of thiol groups is 1. The van der Waals surface area contributed by atoms with E-state index in [0.717, 1.165) is 16.4 Å². The minimum absolute atomic E-state index is 0.255. The smallest absolute Gasteiger partial charge is 0.0521 e. The zero-order valence-electron chi connectivity index (χ0n) is 6.73. The van der Waals surface area contributed by atoms with Crippen LogP contribution in [-0.2, 0) is 5.75 Å². The third-order valence-electron chi connectivity index (χ3n) is 1.41. The number of thioether (sulfide) groups is 1. The van der Waals surface area contributed by atoms with Gasteiger partial charge in [-0.3, -0.25) is 0 Å². The Morgan fingerprint density at radius 2 is 2.25 bits per heavy atom. The van der Waals surface area contributed by atoms with E-state index in [4.69, 9.17) is 5.11 Å². The van der Waals surface area contributed by atoms with Gasteiger partial charge in [-0.15, -0.1) is 12.6 Å². The first kappa shape index (κ1) is 9.96. The molecule has 0 bridgehead atoms. The molecule has 0 aliphatic carbocycles. The van der Waals surface area contributed by atoms with Gasteiger partial charge >= 0.3 is 0 Å². The molecule has 1 aromatic rings. The number of benzene rings is 1. The maximum Gasteiger partial charge on any atom is 0.0521 e. The number of hydrogen-bond acceptors (Lipinski definition) is 3. The summed E-state index contributed by atoms with van der Waals surface area (Å²) in [4.78, 5) is 0.997. The van der Waals surface area contributed by atoms with E-state index in [9.17, 15) is 0 Å². The van der Waals surface area contributed by atoms with Crippen molar-refractivity contribution in [2.24, 2.45) is 0 Å². The van der Waals surface area contributed by atoms with Crippen LogP contribution in [0, 0.1) is 0 Å². The van der Waals surface area contributed by atoms with Gasteiger partial charge in [0.25, 0.3) is 0 Å². The van der Waals surface area contributed by atoms with Crippen LogP contribution in [0.15, 0.2) is 29.2 Å². The molecule has 0 fully saturated rings. The zero-order chi connectivity index (χ0) is 8.81. The quantitative estimate of drug-likeness (QED) is 0.574. The first-order valence-electron chi connectivity index (χ1n) is 3.79. The summed E-state index contributed by atoms with van der Waals surface area (Å²) in [5.41, 5.74) is 1.26. The van der Waals surface area contributed by atoms with Gasteiger partial charge in [-0.2, -0.15) is 11.8 Å². The SMILES string of the molecule is OCCSCc1cccc(S)c1. The van der Waals surface area contributed by atoms with Gasteiger partial charge in [-0.1, -0.05) is 12.1 Å². The topological polar surface area (TPSA) is 20.2 Å². The highest BCUT2D eigenvalue weighted by atomic mass is 32.2. The van der Waals surface area contributed by atoms with E-state index in [1.807, 2.05) is 18.2 Å². The van der Waals surface area contributed by atoms with Gasteiger partial charge in [0.05, 0.1) is 6.61 Å². The Hall–Kier alpha value is -0.120. The van der Waals surface area contributed by atoms with E-state index in [2.05, 4.69) is 18.7 Å². The molecule has 0 saturated heterocycles. The van der Waals surface area contributed by atoms with Crippen molar-refractivity contribution in [2.45, 2.75) is 10.6 Å². The fourth-order valence-corrected chi connectivity index (χ4v) is 1.84. The minimum atomic E-state index is 0.255. The second-order valence-electron chi connectivity index (χ2n) is 2.45. The van der Waals surface area contributed by atoms with Crippen LogP contribution in [0.3, 0.4) is 0 Å². The molecule has 1 aromatic carbocycles. The highest BCUT2D eigenvalue weighted by Gasteiger charge is 1.93. The highest BCUT2D eigenvalue weighted by Crippen LogP contribution is 2.14. The van der Waals surface area contributed by atoms with Crippen LogP contribution in [0.2, 0.25) is 0 Å². The van der Waals surface area contributed by atoms with Crippen molar-refractivity contribution in [2.75, 3.05) is 12.4 Å². The molecule has 0 amide bonds. The molecule has 0 aliphatic rings. The Bertz CT molecular complexity index is 238. The van der Waals surface area contributed by atoms with Crippen LogP contribution in [0.4, 0.5) is 0 Å². The molecule has 0 atom stereocenters. The van der Waals surface area contributed by atoms with Crippen molar-refractivity contribution >= 4 is 24.4 Å². The third-order valence-corrected chi connectivity index (χ3v) is 2.70. The Kier molecular flexibility index (Phi) is 4.58. The summed E-state index contributed by atoms with van der Waals surface area (Å²) in [6, 6.07) is 8.08. The van der Waals surface area contributed by atoms with Gasteiger partial charge in [0.2, 0.25) is 0 Å². The van der Waals surface area contributed by atoms with Crippen molar-refractivity contribution in [1.29, 1.82) is 0 Å². The largest absolute Gasteiger partial charge is 0.396 e. The van der Waals surface area contributed by atoms with Gasteiger partial charge in [0.1, 0.15) is 0 Å². The predicted octanol–water partition coefficient (Wildman–Crippen LogP) is 2.20. The summed E-state index contributed by atoms with van der Waals surface area (Å²) in [5, 5.41) is 8.56. The second-order valence-corrected chi connectivity index (χ2v) is 4.07. The Morgan fingerprint density at radius 1 is 1.42 bits per heavy atom. The number of aliphatic hydroxyl groups excluding tert-OH is 1. The molecule has 3 heteroatoms. The van der Waals surface area contributed by atoms with Crippen molar-refractivity contribution in [3.8, 4) is 0 Å². The lowest BCUT2D eigenvalue weighted by Gasteiger charge is -2.00. The molecule has 1 N–H and O–H groups in total. The van der Waals surface area contributed by atoms with Crippen molar-refractivity contribution in [3.63, 3.8) is 0 Å². The molecule has 66 valence electrons. The summed E-state index contributed by atoms with van der Waals surface area (Å²) in [6.07, 6.45) is 0. The van der Waals surface area contributed by atoms with E-state index in [-0.39, 0.29) is 6.61 Å². The standard InChI is InChI=1S/C9H12OS2/c10-4-5-12-7-8-2-1-3-9(11)6-8/h1-3,6,10-11H,4-5,7H2. The van der Waals surface area contributed by atoms with Crippen LogP contribution in [-0.4, -0.2) is 17.5 Å². The summed E-state index contributed by atoms with van der Waals surface area (Å²) in [6.45, 7) is 0.255. The van der Waals surface area contributed by atoms with E-state index in [1.165, 1.54) is 5.56 Å². The molecule has 0 heterocycles. The van der Waals surface area contributed by atoms with Crippen LogP contribution in [0.25, 0.3) is 0 Å². The molecular formula is C9H12OS2. The number of hydrogen-bond donors (Lipinski definition) is 2. The monoisotopic (exact) mass is 200 g/mol. The molecule has 0 aliphatic heterocycles. The summed E-state index contributed by atoms with van der Waals surface area (Å²) >= 11 is 5.97. The minimum Gasteiger partial charge on any atom is -0.396 e. The number of aliphatic hydroxyl groups is 1. The maximum atomic E-state index is 8.56. The van der Waals surface area contributed by atoms with Crippen LogP contribution >= 0.6 is 24.4 Å². The number of rotatable bonds is 4. The van der Waals surface area contributed by atoms with Crippen LogP contribution < -0.4 is 0 Å². The summed E-state index contributed by atoms with van der Waals surface area (Å²) in [5.74, 6) is 1.76. The fourth-order valence-electron chi connectivity index (χ4n) is 0.901. The van der Waals surface area contributed by atoms with Gasteiger partial charge in [0, 0.05) is 16.4 Å². The Balaban J connectivity index is 2.41. The average molecular weight is 200 g/mol. The van der Waals surface area contributed by atoms with Crippen LogP contribution in [0.1, 0.15) is 5.56 Å². The lowest BCUT2D eigenvalue weighted by atomic mass is 10.2. The zero-order valence-corrected chi connectivity index (χ0v) is 8.44. The maximum absolute atomic E-state index is 8.56. The molecule has 0 saturated carbocycles. The summed E-state index contributed by atoms with van der Waals surface area (Å²) in [7, 11) is 0. The van der Waals surface area contributed by atoms with Crippen molar-refractivity contribution in [3.05, 3.63) is 29.8 Å². The average Bonchev–Trinajstić information content (AvgIpc) is 2.05. The molecular weight excluding hydrogens is 188 g/mol. The normalized spacial score (nSPS) is 10.2. The lowest BCUT2D eigenvalue weighted by molar-refractivity contribution is 0.322. The highest BCUT2D eigenvalue weighted by molar-refractivity contribution is 7.98. The second kappa shape index (κ2) is 5.51. The predicted molar refractivity (Wildman–Crippen MR) is 56.9 cm³/mol. The Labute approximate surface area is 82.6 Å². The molecule has 0 aromatic heterocycles. The van der Waals surface area contributed by atoms with Gasteiger partial charge in [-0.25, -0.2) is 0 Å². The first-order valence-corrected chi connectivity index (χ1v) is 5.39. The van der Waals surface area contributed by atoms with E-state index in [0.29, 0.717) is 0 Å².